The summed E-state index contributed by atoms with van der Waals surface area (Å²) >= 11 is 0. The molecule has 1 saturated heterocycles. The summed E-state index contributed by atoms with van der Waals surface area (Å²) in [6.07, 6.45) is 6.32. The minimum Gasteiger partial charge on any atom is -0.490 e. The van der Waals surface area contributed by atoms with Crippen LogP contribution in [0.4, 0.5) is 0 Å². The highest BCUT2D eigenvalue weighted by molar-refractivity contribution is 5.94. The highest BCUT2D eigenvalue weighted by Gasteiger charge is 2.35. The van der Waals surface area contributed by atoms with Crippen LogP contribution in [-0.2, 0) is 11.2 Å². The van der Waals surface area contributed by atoms with E-state index in [1.54, 1.807) is 18.3 Å². The number of amides is 2. The molecule has 0 bridgehead atoms. The molecule has 1 N–H and O–H groups in total. The largest absolute Gasteiger partial charge is 0.490 e. The maximum Gasteiger partial charge on any atom is 0.251 e. The predicted molar refractivity (Wildman–Crippen MR) is 114 cm³/mol. The molecule has 30 heavy (non-hydrogen) atoms. The van der Waals surface area contributed by atoms with Gasteiger partial charge in [-0.25, -0.2) is 0 Å². The van der Waals surface area contributed by atoms with E-state index in [1.807, 2.05) is 36.1 Å². The standard InChI is InChI=1S/C24H29N3O3/c1-17-4-3-12-25-22(17)9-13-26-23(28)19-5-2-6-21(16-19)30-20-10-14-27(15-11-20)24(29)18-7-8-18/h2-6,12,16,18,20H,7-11,13-15H2,1H3,(H,26,28). The number of likely N-dealkylation sites (tertiary alicyclic amines) is 1. The third-order valence-corrected chi connectivity index (χ3v) is 5.84. The van der Waals surface area contributed by atoms with Crippen LogP contribution in [-0.4, -0.2) is 47.4 Å². The summed E-state index contributed by atoms with van der Waals surface area (Å²) in [4.78, 5) is 31.0. The van der Waals surface area contributed by atoms with Gasteiger partial charge in [0.05, 0.1) is 0 Å². The summed E-state index contributed by atoms with van der Waals surface area (Å²) in [7, 11) is 0. The predicted octanol–water partition coefficient (Wildman–Crippen LogP) is 3.14. The second-order valence-corrected chi connectivity index (χ2v) is 8.22. The monoisotopic (exact) mass is 407 g/mol. The van der Waals surface area contributed by atoms with Gasteiger partial charge >= 0.3 is 0 Å². The van der Waals surface area contributed by atoms with Crippen molar-refractivity contribution >= 4 is 11.8 Å². The van der Waals surface area contributed by atoms with Gasteiger partial charge in [0.2, 0.25) is 5.91 Å². The summed E-state index contributed by atoms with van der Waals surface area (Å²) in [6.45, 7) is 4.08. The zero-order chi connectivity index (χ0) is 20.9. The molecule has 2 fully saturated rings. The molecule has 2 heterocycles. The average Bonchev–Trinajstić information content (AvgIpc) is 3.61. The lowest BCUT2D eigenvalue weighted by atomic mass is 10.1. The third-order valence-electron chi connectivity index (χ3n) is 5.84. The first kappa shape index (κ1) is 20.4. The summed E-state index contributed by atoms with van der Waals surface area (Å²) in [6, 6.07) is 11.3. The molecule has 6 heteroatoms. The van der Waals surface area contributed by atoms with Crippen molar-refractivity contribution in [1.82, 2.24) is 15.2 Å². The Bertz CT molecular complexity index is 902. The van der Waals surface area contributed by atoms with Crippen LogP contribution in [0.25, 0.3) is 0 Å². The van der Waals surface area contributed by atoms with E-state index in [2.05, 4.69) is 10.3 Å². The van der Waals surface area contributed by atoms with E-state index in [4.69, 9.17) is 4.74 Å². The molecule has 1 aliphatic heterocycles. The number of piperidine rings is 1. The van der Waals surface area contributed by atoms with Crippen LogP contribution in [0.3, 0.4) is 0 Å². The van der Waals surface area contributed by atoms with E-state index in [0.29, 0.717) is 30.2 Å². The minimum atomic E-state index is -0.112. The summed E-state index contributed by atoms with van der Waals surface area (Å²) < 4.78 is 6.11. The highest BCUT2D eigenvalue weighted by atomic mass is 16.5. The van der Waals surface area contributed by atoms with Crippen LogP contribution in [0.2, 0.25) is 0 Å². The van der Waals surface area contributed by atoms with Gasteiger partial charge in [0, 0.05) is 62.3 Å². The maximum atomic E-state index is 12.5. The zero-order valence-corrected chi connectivity index (χ0v) is 17.5. The normalized spacial score (nSPS) is 16.9. The van der Waals surface area contributed by atoms with Crippen molar-refractivity contribution in [3.8, 4) is 5.75 Å². The van der Waals surface area contributed by atoms with Crippen LogP contribution in [0.1, 0.15) is 47.3 Å². The second kappa shape index (κ2) is 9.28. The molecule has 1 saturated carbocycles. The Labute approximate surface area is 177 Å². The third kappa shape index (κ3) is 5.17. The van der Waals surface area contributed by atoms with Crippen molar-refractivity contribution in [3.63, 3.8) is 0 Å². The van der Waals surface area contributed by atoms with Gasteiger partial charge < -0.3 is 15.0 Å². The highest BCUT2D eigenvalue weighted by Crippen LogP contribution is 2.32. The molecule has 1 aromatic carbocycles. The number of hydrogen-bond acceptors (Lipinski definition) is 4. The average molecular weight is 408 g/mol. The van der Waals surface area contributed by atoms with E-state index in [0.717, 1.165) is 50.0 Å². The number of carbonyl (C=O) groups excluding carboxylic acids is 2. The number of nitrogens with zero attached hydrogens (tertiary/aromatic N) is 2. The van der Waals surface area contributed by atoms with Crippen LogP contribution in [0.15, 0.2) is 42.6 Å². The quantitative estimate of drug-likeness (QED) is 0.765. The fourth-order valence-electron chi connectivity index (χ4n) is 3.86. The number of aryl methyl sites for hydroxylation is 1. The molecule has 0 unspecified atom stereocenters. The van der Waals surface area contributed by atoms with Crippen molar-refractivity contribution in [2.24, 2.45) is 5.92 Å². The van der Waals surface area contributed by atoms with Gasteiger partial charge in [0.15, 0.2) is 0 Å². The van der Waals surface area contributed by atoms with Gasteiger partial charge in [-0.1, -0.05) is 12.1 Å². The topological polar surface area (TPSA) is 71.5 Å². The lowest BCUT2D eigenvalue weighted by Crippen LogP contribution is -2.42. The van der Waals surface area contributed by atoms with E-state index >= 15 is 0 Å². The SMILES string of the molecule is Cc1cccnc1CCNC(=O)c1cccc(OC2CCN(C(=O)C3CC3)CC2)c1. The molecule has 1 aromatic heterocycles. The molecule has 0 radical (unpaired) electrons. The van der Waals surface area contributed by atoms with Gasteiger partial charge in [-0.2, -0.15) is 0 Å². The second-order valence-electron chi connectivity index (χ2n) is 8.22. The minimum absolute atomic E-state index is 0.0821. The lowest BCUT2D eigenvalue weighted by Gasteiger charge is -2.32. The van der Waals surface area contributed by atoms with Crippen LogP contribution in [0, 0.1) is 12.8 Å². The molecule has 2 amide bonds. The number of aromatic nitrogens is 1. The summed E-state index contributed by atoms with van der Waals surface area (Å²) in [5.41, 5.74) is 2.72. The van der Waals surface area contributed by atoms with Gasteiger partial charge in [-0.3, -0.25) is 14.6 Å². The molecule has 2 aliphatic rings. The van der Waals surface area contributed by atoms with Crippen LogP contribution < -0.4 is 10.1 Å². The van der Waals surface area contributed by atoms with Gasteiger partial charge in [-0.05, 0) is 49.6 Å². The Kier molecular flexibility index (Phi) is 6.31. The Morgan fingerprint density at radius 1 is 1.13 bits per heavy atom. The number of rotatable bonds is 7. The number of ether oxygens (including phenoxy) is 1. The number of pyridine rings is 1. The van der Waals surface area contributed by atoms with Crippen molar-refractivity contribution in [3.05, 3.63) is 59.4 Å². The summed E-state index contributed by atoms with van der Waals surface area (Å²) in [5.74, 6) is 1.18. The van der Waals surface area contributed by atoms with Gasteiger partial charge in [0.25, 0.3) is 5.91 Å². The molecule has 6 nitrogen and oxygen atoms in total. The fourth-order valence-corrected chi connectivity index (χ4v) is 3.86. The molecule has 4 rings (SSSR count). The first-order valence-electron chi connectivity index (χ1n) is 10.8. The Hall–Kier alpha value is -2.89. The molecule has 1 aliphatic carbocycles. The maximum absolute atomic E-state index is 12.5. The zero-order valence-electron chi connectivity index (χ0n) is 17.5. The fraction of sp³-hybridized carbons (Fsp3) is 0.458. The summed E-state index contributed by atoms with van der Waals surface area (Å²) in [5, 5.41) is 2.96. The number of carbonyl (C=O) groups is 2. The van der Waals surface area contributed by atoms with Crippen molar-refractivity contribution in [2.45, 2.75) is 45.1 Å². The van der Waals surface area contributed by atoms with Crippen molar-refractivity contribution < 1.29 is 14.3 Å². The van der Waals surface area contributed by atoms with Crippen LogP contribution in [0.5, 0.6) is 5.75 Å². The number of nitrogens with one attached hydrogen (secondary N) is 1. The van der Waals surface area contributed by atoms with Gasteiger partial charge in [0.1, 0.15) is 11.9 Å². The van der Waals surface area contributed by atoms with Crippen molar-refractivity contribution in [2.75, 3.05) is 19.6 Å². The molecule has 0 atom stereocenters. The Morgan fingerprint density at radius 2 is 1.93 bits per heavy atom. The van der Waals surface area contributed by atoms with Crippen molar-refractivity contribution in [1.29, 1.82) is 0 Å². The van der Waals surface area contributed by atoms with E-state index < -0.39 is 0 Å². The first-order chi connectivity index (χ1) is 14.6. The molecular formula is C24H29N3O3. The first-order valence-corrected chi connectivity index (χ1v) is 10.8. The van der Waals surface area contributed by atoms with E-state index in [1.165, 1.54) is 0 Å². The van der Waals surface area contributed by atoms with E-state index in [-0.39, 0.29) is 17.9 Å². The number of hydrogen-bond donors (Lipinski definition) is 1. The smallest absolute Gasteiger partial charge is 0.251 e. The Balaban J connectivity index is 1.25. The lowest BCUT2D eigenvalue weighted by molar-refractivity contribution is -0.134. The molecule has 0 spiro atoms. The van der Waals surface area contributed by atoms with Crippen LogP contribution >= 0.6 is 0 Å². The molecule has 2 aromatic rings. The van der Waals surface area contributed by atoms with E-state index in [9.17, 15) is 9.59 Å². The Morgan fingerprint density at radius 3 is 2.67 bits per heavy atom. The molecular weight excluding hydrogens is 378 g/mol. The molecule has 158 valence electrons. The number of benzene rings is 1. The van der Waals surface area contributed by atoms with Gasteiger partial charge in [-0.15, -0.1) is 0 Å².